The molecule has 7 heteroatoms. The van der Waals surface area contributed by atoms with Crippen molar-refractivity contribution in [2.75, 3.05) is 0 Å². The zero-order chi connectivity index (χ0) is 18.4. The second-order valence-corrected chi connectivity index (χ2v) is 6.44. The number of carbonyl (C=O) groups is 3. The molecule has 0 aliphatic rings. The molecule has 2 amide bonds. The third kappa shape index (κ3) is 14.7. The van der Waals surface area contributed by atoms with E-state index in [-0.39, 0.29) is 18.3 Å². The second-order valence-electron chi connectivity index (χ2n) is 6.44. The number of unbranched alkanes of at least 4 members (excludes halogenated alkanes) is 8. The summed E-state index contributed by atoms with van der Waals surface area (Å²) in [6.07, 6.45) is 11.1. The van der Waals surface area contributed by atoms with Crippen molar-refractivity contribution in [1.29, 1.82) is 0 Å². The first-order chi connectivity index (χ1) is 11.4. The van der Waals surface area contributed by atoms with Gasteiger partial charge in [-0.05, 0) is 20.3 Å². The first kappa shape index (κ1) is 25.9. The summed E-state index contributed by atoms with van der Waals surface area (Å²) in [4.78, 5) is 34.2. The van der Waals surface area contributed by atoms with Gasteiger partial charge in [-0.15, -0.1) is 12.4 Å². The van der Waals surface area contributed by atoms with Crippen LogP contribution in [0.4, 0.5) is 0 Å². The first-order valence-electron chi connectivity index (χ1n) is 9.21. The molecule has 148 valence electrons. The molecule has 0 radical (unpaired) electrons. The zero-order valence-corrected chi connectivity index (χ0v) is 16.6. The van der Waals surface area contributed by atoms with Crippen LogP contribution in [0.2, 0.25) is 0 Å². The van der Waals surface area contributed by atoms with Gasteiger partial charge in [-0.2, -0.15) is 0 Å². The Bertz CT molecular complexity index is 391. The Morgan fingerprint density at radius 2 is 1.28 bits per heavy atom. The highest BCUT2D eigenvalue weighted by atomic mass is 35.5. The Hall–Kier alpha value is -1.30. The number of carboxylic acid groups (broad SMARTS) is 1. The maximum Gasteiger partial charge on any atom is 0.325 e. The molecule has 0 aromatic rings. The lowest BCUT2D eigenvalue weighted by Gasteiger charge is -2.16. The Kier molecular flexibility index (Phi) is 16.8. The summed E-state index contributed by atoms with van der Waals surface area (Å²) >= 11 is 0. The van der Waals surface area contributed by atoms with Gasteiger partial charge in [0.1, 0.15) is 12.1 Å². The smallest absolute Gasteiger partial charge is 0.325 e. The molecule has 0 bridgehead atoms. The van der Waals surface area contributed by atoms with Crippen LogP contribution in [0.25, 0.3) is 0 Å². The molecular weight excluding hydrogens is 344 g/mol. The van der Waals surface area contributed by atoms with Gasteiger partial charge in [0.25, 0.3) is 0 Å². The molecule has 0 saturated heterocycles. The number of carboxylic acids is 1. The van der Waals surface area contributed by atoms with E-state index in [1.165, 1.54) is 45.4 Å². The molecule has 0 rings (SSSR count). The summed E-state index contributed by atoms with van der Waals surface area (Å²) in [5.74, 6) is -1.74. The Labute approximate surface area is 157 Å². The molecule has 0 aromatic carbocycles. The third-order valence-corrected chi connectivity index (χ3v) is 4.01. The Morgan fingerprint density at radius 1 is 0.800 bits per heavy atom. The van der Waals surface area contributed by atoms with E-state index in [0.29, 0.717) is 6.42 Å². The minimum Gasteiger partial charge on any atom is -0.480 e. The van der Waals surface area contributed by atoms with E-state index < -0.39 is 24.0 Å². The van der Waals surface area contributed by atoms with Crippen molar-refractivity contribution in [3.63, 3.8) is 0 Å². The maximum absolute atomic E-state index is 11.8. The summed E-state index contributed by atoms with van der Waals surface area (Å²) in [6, 6.07) is -1.69. The lowest BCUT2D eigenvalue weighted by Crippen LogP contribution is -2.49. The first-order valence-corrected chi connectivity index (χ1v) is 9.21. The molecule has 0 unspecified atom stereocenters. The monoisotopic (exact) mass is 378 g/mol. The number of carbonyl (C=O) groups excluding carboxylic acids is 2. The highest BCUT2D eigenvalue weighted by Gasteiger charge is 2.20. The normalized spacial score (nSPS) is 12.6. The number of hydrogen-bond donors (Lipinski definition) is 3. The molecule has 3 N–H and O–H groups in total. The topological polar surface area (TPSA) is 95.5 Å². The van der Waals surface area contributed by atoms with Crippen LogP contribution in [0, 0.1) is 0 Å². The molecule has 6 nitrogen and oxygen atoms in total. The van der Waals surface area contributed by atoms with Gasteiger partial charge < -0.3 is 15.7 Å². The Balaban J connectivity index is 0. The van der Waals surface area contributed by atoms with Crippen molar-refractivity contribution < 1.29 is 19.5 Å². The highest BCUT2D eigenvalue weighted by molar-refractivity contribution is 5.89. The lowest BCUT2D eigenvalue weighted by molar-refractivity contribution is -0.141. The van der Waals surface area contributed by atoms with Crippen LogP contribution >= 0.6 is 12.4 Å². The summed E-state index contributed by atoms with van der Waals surface area (Å²) in [7, 11) is 0. The van der Waals surface area contributed by atoms with Gasteiger partial charge in [-0.25, -0.2) is 0 Å². The molecule has 0 spiro atoms. The standard InChI is InChI=1S/C18H34N2O4.ClH/c1-4-5-6-7-8-9-10-11-12-13-16(21)19-14(2)17(22)20-15(3)18(23)24;/h14-15H,4-13H2,1-3H3,(H,19,21)(H,20,22)(H,23,24);1H/t14-,15-;/m0./s1. The molecule has 0 aliphatic heterocycles. The number of aliphatic carboxylic acids is 1. The average molecular weight is 379 g/mol. The van der Waals surface area contributed by atoms with E-state index >= 15 is 0 Å². The fraction of sp³-hybridized carbons (Fsp3) is 0.833. The lowest BCUT2D eigenvalue weighted by atomic mass is 10.1. The fourth-order valence-corrected chi connectivity index (χ4v) is 2.38. The van der Waals surface area contributed by atoms with Crippen molar-refractivity contribution in [2.45, 2.75) is 97.1 Å². The summed E-state index contributed by atoms with van der Waals surface area (Å²) < 4.78 is 0. The molecule has 0 saturated carbocycles. The number of nitrogens with one attached hydrogen (secondary N) is 2. The largest absolute Gasteiger partial charge is 0.480 e. The van der Waals surface area contributed by atoms with Crippen molar-refractivity contribution in [3.8, 4) is 0 Å². The fourth-order valence-electron chi connectivity index (χ4n) is 2.38. The van der Waals surface area contributed by atoms with Crippen molar-refractivity contribution in [1.82, 2.24) is 10.6 Å². The van der Waals surface area contributed by atoms with Crippen LogP contribution in [0.5, 0.6) is 0 Å². The van der Waals surface area contributed by atoms with Crippen molar-refractivity contribution >= 4 is 30.2 Å². The third-order valence-electron chi connectivity index (χ3n) is 4.01. The maximum atomic E-state index is 11.8. The van der Waals surface area contributed by atoms with Gasteiger partial charge in [-0.1, -0.05) is 58.3 Å². The van der Waals surface area contributed by atoms with Crippen molar-refractivity contribution in [2.24, 2.45) is 0 Å². The number of rotatable bonds is 14. The molecule has 0 aromatic heterocycles. The van der Waals surface area contributed by atoms with Crippen molar-refractivity contribution in [3.05, 3.63) is 0 Å². The van der Waals surface area contributed by atoms with Gasteiger partial charge in [0.15, 0.2) is 0 Å². The predicted molar refractivity (Wildman–Crippen MR) is 102 cm³/mol. The molecule has 0 heterocycles. The predicted octanol–water partition coefficient (Wildman–Crippen LogP) is 3.42. The van der Waals surface area contributed by atoms with Gasteiger partial charge in [0, 0.05) is 6.42 Å². The van der Waals surface area contributed by atoms with Crippen LogP contribution < -0.4 is 10.6 Å². The SMILES string of the molecule is CCCCCCCCCCCC(=O)N[C@@H](C)C(=O)N[C@@H](C)C(=O)O.Cl. The van der Waals surface area contributed by atoms with E-state index in [2.05, 4.69) is 17.6 Å². The van der Waals surface area contributed by atoms with Gasteiger partial charge >= 0.3 is 5.97 Å². The minimum atomic E-state index is -1.10. The second kappa shape index (κ2) is 16.2. The molecule has 0 aliphatic carbocycles. The van der Waals surface area contributed by atoms with Crippen LogP contribution in [-0.4, -0.2) is 35.0 Å². The number of amides is 2. The molecule has 2 atom stereocenters. The quantitative estimate of drug-likeness (QED) is 0.403. The summed E-state index contributed by atoms with van der Waals surface area (Å²) in [5.41, 5.74) is 0. The Morgan fingerprint density at radius 3 is 1.76 bits per heavy atom. The number of halogens is 1. The van der Waals surface area contributed by atoms with Crippen LogP contribution in [0.15, 0.2) is 0 Å². The van der Waals surface area contributed by atoms with E-state index in [9.17, 15) is 14.4 Å². The van der Waals surface area contributed by atoms with E-state index in [1.807, 2.05) is 0 Å². The highest BCUT2D eigenvalue weighted by Crippen LogP contribution is 2.10. The van der Waals surface area contributed by atoms with Gasteiger partial charge in [-0.3, -0.25) is 14.4 Å². The van der Waals surface area contributed by atoms with E-state index in [0.717, 1.165) is 19.3 Å². The molecule has 0 fully saturated rings. The number of hydrogen-bond acceptors (Lipinski definition) is 3. The minimum absolute atomic E-state index is 0. The van der Waals surface area contributed by atoms with Gasteiger partial charge in [0.2, 0.25) is 11.8 Å². The van der Waals surface area contributed by atoms with Gasteiger partial charge in [0.05, 0.1) is 0 Å². The summed E-state index contributed by atoms with van der Waals surface area (Å²) in [6.45, 7) is 5.15. The molecule has 25 heavy (non-hydrogen) atoms. The van der Waals surface area contributed by atoms with E-state index in [1.54, 1.807) is 6.92 Å². The van der Waals surface area contributed by atoms with Crippen LogP contribution in [-0.2, 0) is 14.4 Å². The van der Waals surface area contributed by atoms with Crippen LogP contribution in [0.3, 0.4) is 0 Å². The zero-order valence-electron chi connectivity index (χ0n) is 15.8. The molecular formula is C18H35ClN2O4. The summed E-state index contributed by atoms with van der Waals surface area (Å²) in [5, 5.41) is 13.7. The average Bonchev–Trinajstić information content (AvgIpc) is 2.52. The van der Waals surface area contributed by atoms with E-state index in [4.69, 9.17) is 5.11 Å². The van der Waals surface area contributed by atoms with Crippen LogP contribution in [0.1, 0.15) is 85.0 Å².